The maximum absolute atomic E-state index is 12.9. The summed E-state index contributed by atoms with van der Waals surface area (Å²) in [6, 6.07) is 7.60. The molecule has 4 nitrogen and oxygen atoms in total. The molecule has 2 unspecified atom stereocenters. The second-order valence-electron chi connectivity index (χ2n) is 8.41. The predicted octanol–water partition coefficient (Wildman–Crippen LogP) is 5.98. The van der Waals surface area contributed by atoms with Crippen LogP contribution >= 0.6 is 0 Å². The number of aromatic nitrogens is 2. The van der Waals surface area contributed by atoms with Gasteiger partial charge in [0.05, 0.1) is 5.52 Å². The number of carbonyl (C=O) groups is 1. The molecule has 1 aliphatic heterocycles. The molecule has 1 amide bonds. The van der Waals surface area contributed by atoms with E-state index in [-0.39, 0.29) is 5.91 Å². The zero-order valence-corrected chi connectivity index (χ0v) is 17.6. The first-order valence-corrected chi connectivity index (χ1v) is 10.7. The monoisotopic (exact) mass is 421 g/mol. The summed E-state index contributed by atoms with van der Waals surface area (Å²) >= 11 is 0. The molecule has 2 atom stereocenters. The number of benzene rings is 1. The van der Waals surface area contributed by atoms with Gasteiger partial charge >= 0.3 is 6.18 Å². The van der Waals surface area contributed by atoms with Crippen molar-refractivity contribution in [2.24, 2.45) is 17.8 Å². The average Bonchev–Trinajstić information content (AvgIpc) is 3.14. The third kappa shape index (κ3) is 5.64. The van der Waals surface area contributed by atoms with Gasteiger partial charge in [0, 0.05) is 24.9 Å². The molecule has 0 saturated carbocycles. The lowest BCUT2D eigenvalue weighted by Crippen LogP contribution is -2.40. The maximum atomic E-state index is 12.9. The number of fused-ring (bicyclic) bond motifs is 1. The Labute approximate surface area is 175 Å². The van der Waals surface area contributed by atoms with E-state index in [2.05, 4.69) is 23.2 Å². The minimum Gasteiger partial charge on any atom is -0.337 e. The molecule has 0 spiro atoms. The Balaban J connectivity index is 1.53. The van der Waals surface area contributed by atoms with Gasteiger partial charge in [-0.15, -0.1) is 0 Å². The molecule has 30 heavy (non-hydrogen) atoms. The van der Waals surface area contributed by atoms with Gasteiger partial charge in [-0.25, -0.2) is 0 Å². The summed E-state index contributed by atoms with van der Waals surface area (Å²) in [6.45, 7) is 5.11. The molecule has 0 radical (unpaired) electrons. The van der Waals surface area contributed by atoms with Crippen LogP contribution in [-0.4, -0.2) is 40.3 Å². The van der Waals surface area contributed by atoms with Crippen LogP contribution in [-0.2, 0) is 0 Å². The van der Waals surface area contributed by atoms with Crippen LogP contribution in [0.15, 0.2) is 36.4 Å². The first-order chi connectivity index (χ1) is 14.3. The highest BCUT2D eigenvalue weighted by molar-refractivity contribution is 6.04. The van der Waals surface area contributed by atoms with E-state index in [1.165, 1.54) is 0 Å². The number of aromatic amines is 1. The van der Waals surface area contributed by atoms with E-state index < -0.39 is 18.5 Å². The van der Waals surface area contributed by atoms with Gasteiger partial charge in [0.25, 0.3) is 5.91 Å². The van der Waals surface area contributed by atoms with E-state index in [4.69, 9.17) is 0 Å². The van der Waals surface area contributed by atoms with Gasteiger partial charge in [-0.05, 0) is 49.5 Å². The number of rotatable bonds is 7. The Kier molecular flexibility index (Phi) is 7.21. The summed E-state index contributed by atoms with van der Waals surface area (Å²) in [5, 5.41) is 7.97. The number of likely N-dealkylation sites (tertiary alicyclic amines) is 1. The number of allylic oxidation sites excluding steroid dienone is 2. The predicted molar refractivity (Wildman–Crippen MR) is 112 cm³/mol. The summed E-state index contributed by atoms with van der Waals surface area (Å²) in [5.74, 6) is 0.341. The Morgan fingerprint density at radius 2 is 2.00 bits per heavy atom. The van der Waals surface area contributed by atoms with Gasteiger partial charge in [-0.3, -0.25) is 9.89 Å². The minimum atomic E-state index is -4.10. The number of alkyl halides is 3. The first-order valence-electron chi connectivity index (χ1n) is 10.7. The molecule has 1 fully saturated rings. The molecule has 2 heterocycles. The molecule has 0 bridgehead atoms. The number of carbonyl (C=O) groups excluding carboxylic acids is 1. The SMILES string of the molecule is CCC(/C=C\CC(C)CC(F)(F)F)C1CCN(C(=O)c2n[nH]c3ccccc23)CC1. The second kappa shape index (κ2) is 9.67. The van der Waals surface area contributed by atoms with Gasteiger partial charge in [0.1, 0.15) is 0 Å². The highest BCUT2D eigenvalue weighted by Gasteiger charge is 2.30. The number of piperidine rings is 1. The molecule has 3 rings (SSSR count). The van der Waals surface area contributed by atoms with Crippen LogP contribution < -0.4 is 0 Å². The lowest BCUT2D eigenvalue weighted by molar-refractivity contribution is -0.142. The van der Waals surface area contributed by atoms with Gasteiger partial charge in [0.15, 0.2) is 5.69 Å². The van der Waals surface area contributed by atoms with Gasteiger partial charge in [-0.2, -0.15) is 18.3 Å². The van der Waals surface area contributed by atoms with Crippen LogP contribution in [0.4, 0.5) is 13.2 Å². The van der Waals surface area contributed by atoms with Crippen molar-refractivity contribution in [1.82, 2.24) is 15.1 Å². The van der Waals surface area contributed by atoms with Crippen molar-refractivity contribution in [1.29, 1.82) is 0 Å². The molecule has 1 saturated heterocycles. The molecule has 0 aliphatic carbocycles. The molecule has 7 heteroatoms. The zero-order valence-electron chi connectivity index (χ0n) is 17.6. The molecular formula is C23H30F3N3O. The van der Waals surface area contributed by atoms with Crippen molar-refractivity contribution in [3.05, 3.63) is 42.1 Å². The fourth-order valence-electron chi connectivity index (χ4n) is 4.40. The summed E-state index contributed by atoms with van der Waals surface area (Å²) in [6.07, 6.45) is 2.36. The molecule has 1 N–H and O–H groups in total. The molecule has 1 aromatic carbocycles. The Morgan fingerprint density at radius 1 is 1.30 bits per heavy atom. The van der Waals surface area contributed by atoms with Crippen LogP contribution in [0.5, 0.6) is 0 Å². The normalized spacial score (nSPS) is 18.2. The number of amides is 1. The van der Waals surface area contributed by atoms with E-state index in [0.717, 1.165) is 30.2 Å². The van der Waals surface area contributed by atoms with E-state index in [0.29, 0.717) is 37.0 Å². The van der Waals surface area contributed by atoms with E-state index >= 15 is 0 Å². The van der Waals surface area contributed by atoms with Crippen LogP contribution in [0.1, 0.15) is 56.4 Å². The van der Waals surface area contributed by atoms with Crippen molar-refractivity contribution in [3.63, 3.8) is 0 Å². The zero-order chi connectivity index (χ0) is 21.7. The van der Waals surface area contributed by atoms with Gasteiger partial charge < -0.3 is 4.90 Å². The molecule has 164 valence electrons. The maximum Gasteiger partial charge on any atom is 0.389 e. The van der Waals surface area contributed by atoms with E-state index in [1.807, 2.05) is 35.2 Å². The third-order valence-electron chi connectivity index (χ3n) is 6.08. The highest BCUT2D eigenvalue weighted by atomic mass is 19.4. The van der Waals surface area contributed by atoms with Crippen LogP contribution in [0.25, 0.3) is 10.9 Å². The fraction of sp³-hybridized carbons (Fsp3) is 0.565. The van der Waals surface area contributed by atoms with Crippen molar-refractivity contribution in [3.8, 4) is 0 Å². The number of nitrogens with zero attached hydrogens (tertiary/aromatic N) is 2. The fourth-order valence-corrected chi connectivity index (χ4v) is 4.40. The van der Waals surface area contributed by atoms with Crippen LogP contribution in [0.2, 0.25) is 0 Å². The average molecular weight is 422 g/mol. The van der Waals surface area contributed by atoms with Crippen LogP contribution in [0.3, 0.4) is 0 Å². The Hall–Kier alpha value is -2.31. The number of para-hydroxylation sites is 1. The van der Waals surface area contributed by atoms with E-state index in [9.17, 15) is 18.0 Å². The van der Waals surface area contributed by atoms with Crippen molar-refractivity contribution in [2.75, 3.05) is 13.1 Å². The van der Waals surface area contributed by atoms with E-state index in [1.54, 1.807) is 6.92 Å². The lowest BCUT2D eigenvalue weighted by Gasteiger charge is -2.34. The number of nitrogens with one attached hydrogen (secondary N) is 1. The highest BCUT2D eigenvalue weighted by Crippen LogP contribution is 2.31. The minimum absolute atomic E-state index is 0.0459. The summed E-state index contributed by atoms with van der Waals surface area (Å²) in [7, 11) is 0. The van der Waals surface area contributed by atoms with Gasteiger partial charge in [0.2, 0.25) is 0 Å². The summed E-state index contributed by atoms with van der Waals surface area (Å²) < 4.78 is 37.4. The second-order valence-corrected chi connectivity index (χ2v) is 8.41. The molecule has 1 aromatic heterocycles. The van der Waals surface area contributed by atoms with Crippen molar-refractivity contribution >= 4 is 16.8 Å². The number of hydrogen-bond acceptors (Lipinski definition) is 2. The van der Waals surface area contributed by atoms with Crippen molar-refractivity contribution < 1.29 is 18.0 Å². The van der Waals surface area contributed by atoms with Crippen LogP contribution in [0, 0.1) is 17.8 Å². The summed E-state index contributed by atoms with van der Waals surface area (Å²) in [5.41, 5.74) is 1.32. The standard InChI is InChI=1S/C23H30F3N3O/c1-3-17(8-6-7-16(2)15-23(24,25)26)18-11-13-29(14-12-18)22(30)21-19-9-4-5-10-20(19)27-28-21/h4-6,8-10,16-18H,3,7,11-15H2,1-2H3,(H,27,28)/b8-6-. The Bertz CT molecular complexity index is 866. The smallest absolute Gasteiger partial charge is 0.337 e. The topological polar surface area (TPSA) is 49.0 Å². The first kappa shape index (κ1) is 22.4. The molecule has 1 aliphatic rings. The Morgan fingerprint density at radius 3 is 2.67 bits per heavy atom. The summed E-state index contributed by atoms with van der Waals surface area (Å²) in [4.78, 5) is 14.8. The quantitative estimate of drug-likeness (QED) is 0.560. The number of hydrogen-bond donors (Lipinski definition) is 1. The number of H-pyrrole nitrogens is 1. The lowest BCUT2D eigenvalue weighted by atomic mass is 9.82. The molecule has 2 aromatic rings. The third-order valence-corrected chi connectivity index (χ3v) is 6.08. The van der Waals surface area contributed by atoms with Gasteiger partial charge in [-0.1, -0.05) is 44.2 Å². The largest absolute Gasteiger partial charge is 0.389 e. The number of halogens is 3. The van der Waals surface area contributed by atoms with Crippen molar-refractivity contribution in [2.45, 2.75) is 52.1 Å². The molecular weight excluding hydrogens is 391 g/mol.